The van der Waals surface area contributed by atoms with E-state index in [1.807, 2.05) is 0 Å². The van der Waals surface area contributed by atoms with Crippen molar-refractivity contribution >= 4 is 29.2 Å². The van der Waals surface area contributed by atoms with Gasteiger partial charge in [-0.25, -0.2) is 9.69 Å². The third-order valence-electron chi connectivity index (χ3n) is 5.72. The molecule has 0 atom stereocenters. The minimum atomic E-state index is -5.03. The molecule has 1 saturated heterocycles. The Morgan fingerprint density at radius 3 is 2.41 bits per heavy atom. The molecule has 192 valence electrons. The number of rotatable bonds is 7. The third kappa shape index (κ3) is 5.68. The van der Waals surface area contributed by atoms with E-state index in [1.54, 1.807) is 50.5 Å². The highest BCUT2D eigenvalue weighted by molar-refractivity contribution is 6.23. The zero-order chi connectivity index (χ0) is 26.8. The first-order valence-electron chi connectivity index (χ1n) is 11.1. The fourth-order valence-electron chi connectivity index (χ4n) is 3.85. The third-order valence-corrected chi connectivity index (χ3v) is 5.72. The van der Waals surface area contributed by atoms with Gasteiger partial charge in [-0.05, 0) is 61.4 Å². The van der Waals surface area contributed by atoms with Crippen LogP contribution in [0.3, 0.4) is 0 Å². The quantitative estimate of drug-likeness (QED) is 0.473. The highest BCUT2D eigenvalue weighted by Crippen LogP contribution is 2.38. The molecule has 4 rings (SSSR count). The van der Waals surface area contributed by atoms with Crippen molar-refractivity contribution in [3.05, 3.63) is 78.4 Å². The summed E-state index contributed by atoms with van der Waals surface area (Å²) in [7, 11) is 0. The van der Waals surface area contributed by atoms with Gasteiger partial charge in [-0.15, -0.1) is 13.2 Å². The number of carbonyl (C=O) groups excluding carboxylic acids is 3. The van der Waals surface area contributed by atoms with E-state index in [1.165, 1.54) is 17.3 Å². The number of anilines is 2. The fourth-order valence-corrected chi connectivity index (χ4v) is 3.85. The van der Waals surface area contributed by atoms with Crippen molar-refractivity contribution in [2.75, 3.05) is 10.2 Å². The van der Waals surface area contributed by atoms with Crippen LogP contribution in [0.5, 0.6) is 5.75 Å². The van der Waals surface area contributed by atoms with Gasteiger partial charge in [0.1, 0.15) is 5.54 Å². The van der Waals surface area contributed by atoms with E-state index in [0.29, 0.717) is 5.56 Å². The van der Waals surface area contributed by atoms with Crippen LogP contribution in [0.2, 0.25) is 0 Å². The molecule has 37 heavy (non-hydrogen) atoms. The van der Waals surface area contributed by atoms with Crippen molar-refractivity contribution in [2.45, 2.75) is 38.7 Å². The fraction of sp³-hybridized carbons (Fsp3) is 0.240. The Morgan fingerprint density at radius 1 is 1.03 bits per heavy atom. The Labute approximate surface area is 209 Å². The van der Waals surface area contributed by atoms with Crippen LogP contribution in [0.1, 0.15) is 25.0 Å². The Bertz CT molecular complexity index is 1320. The predicted molar refractivity (Wildman–Crippen MR) is 126 cm³/mol. The van der Waals surface area contributed by atoms with Crippen LogP contribution >= 0.6 is 0 Å². The number of aromatic nitrogens is 2. The number of halogens is 3. The Hall–Kier alpha value is -4.48. The van der Waals surface area contributed by atoms with Crippen molar-refractivity contribution in [3.63, 3.8) is 0 Å². The molecule has 1 aliphatic rings. The summed E-state index contributed by atoms with van der Waals surface area (Å²) < 4.78 is 43.1. The molecule has 9 nitrogen and oxygen atoms in total. The molecular formula is C25H22F3N5O4. The summed E-state index contributed by atoms with van der Waals surface area (Å²) in [5.41, 5.74) is -0.344. The lowest BCUT2D eigenvalue weighted by atomic mass is 10.0. The van der Waals surface area contributed by atoms with Crippen molar-refractivity contribution < 1.29 is 32.3 Å². The highest BCUT2D eigenvalue weighted by atomic mass is 19.4. The summed E-state index contributed by atoms with van der Waals surface area (Å²) in [6.45, 7) is 3.26. The van der Waals surface area contributed by atoms with Gasteiger partial charge in [0.05, 0.1) is 17.8 Å². The second-order valence-electron chi connectivity index (χ2n) is 8.74. The van der Waals surface area contributed by atoms with Crippen LogP contribution in [0.25, 0.3) is 0 Å². The van der Waals surface area contributed by atoms with Crippen LogP contribution in [-0.4, -0.2) is 44.6 Å². The molecule has 0 unspecified atom stereocenters. The topological polar surface area (TPSA) is 105 Å². The van der Waals surface area contributed by atoms with Crippen LogP contribution < -0.4 is 15.0 Å². The minimum absolute atomic E-state index is 0.0218. The van der Waals surface area contributed by atoms with Gasteiger partial charge in [0.25, 0.3) is 5.91 Å². The number of amides is 4. The minimum Gasteiger partial charge on any atom is -0.404 e. The van der Waals surface area contributed by atoms with Gasteiger partial charge in [0.2, 0.25) is 5.91 Å². The van der Waals surface area contributed by atoms with E-state index in [0.717, 1.165) is 28.7 Å². The number of ether oxygens (including phenoxy) is 1. The molecule has 0 radical (unpaired) electrons. The number of hydrogen-bond donors (Lipinski definition) is 1. The Balaban J connectivity index is 1.65. The van der Waals surface area contributed by atoms with E-state index >= 15 is 0 Å². The lowest BCUT2D eigenvalue weighted by molar-refractivity contribution is -0.274. The predicted octanol–water partition coefficient (Wildman–Crippen LogP) is 4.30. The summed E-state index contributed by atoms with van der Waals surface area (Å²) in [6.07, 6.45) is 0.878. The number of urea groups is 1. The van der Waals surface area contributed by atoms with Crippen molar-refractivity contribution in [1.29, 1.82) is 0 Å². The number of benzene rings is 1. The van der Waals surface area contributed by atoms with E-state index in [4.69, 9.17) is 0 Å². The van der Waals surface area contributed by atoms with Crippen LogP contribution in [0, 0.1) is 0 Å². The number of nitrogens with one attached hydrogen (secondary N) is 1. The van der Waals surface area contributed by atoms with Crippen molar-refractivity contribution in [2.24, 2.45) is 0 Å². The van der Waals surface area contributed by atoms with Crippen molar-refractivity contribution in [3.8, 4) is 5.75 Å². The molecule has 1 aliphatic heterocycles. The molecule has 3 aromatic rings. The number of hydrogen-bond acceptors (Lipinski definition) is 6. The van der Waals surface area contributed by atoms with E-state index < -0.39 is 35.5 Å². The zero-order valence-electron chi connectivity index (χ0n) is 19.8. The average Bonchev–Trinajstić information content (AvgIpc) is 3.00. The SMILES string of the molecule is CC1(C)C(=O)N(c2ccc(OC(F)(F)F)c(NC(=O)Cc3cccnc3)c2)C(=O)N1Cc1ccncc1. The maximum absolute atomic E-state index is 13.3. The monoisotopic (exact) mass is 513 g/mol. The summed E-state index contributed by atoms with van der Waals surface area (Å²) in [5.74, 6) is -1.91. The lowest BCUT2D eigenvalue weighted by Gasteiger charge is -2.27. The number of nitrogens with zero attached hydrogens (tertiary/aromatic N) is 4. The number of pyridine rings is 2. The van der Waals surface area contributed by atoms with Gasteiger partial charge in [0.15, 0.2) is 5.75 Å². The summed E-state index contributed by atoms with van der Waals surface area (Å²) in [4.78, 5) is 49.2. The molecule has 0 saturated carbocycles. The molecule has 0 bridgehead atoms. The van der Waals surface area contributed by atoms with Crippen LogP contribution in [0.15, 0.2) is 67.3 Å². The first kappa shape index (κ1) is 25.6. The average molecular weight is 513 g/mol. The largest absolute Gasteiger partial charge is 0.573 e. The number of carbonyl (C=O) groups is 3. The highest BCUT2D eigenvalue weighted by Gasteiger charge is 2.52. The van der Waals surface area contributed by atoms with Gasteiger partial charge in [0, 0.05) is 31.3 Å². The van der Waals surface area contributed by atoms with Gasteiger partial charge in [-0.1, -0.05) is 6.07 Å². The van der Waals surface area contributed by atoms with Gasteiger partial charge < -0.3 is 15.0 Å². The number of imide groups is 1. The molecule has 0 aliphatic carbocycles. The Morgan fingerprint density at radius 2 is 1.76 bits per heavy atom. The molecule has 4 amide bonds. The van der Waals surface area contributed by atoms with E-state index in [9.17, 15) is 27.6 Å². The molecule has 12 heteroatoms. The zero-order valence-corrected chi connectivity index (χ0v) is 19.8. The first-order valence-corrected chi connectivity index (χ1v) is 11.1. The maximum atomic E-state index is 13.3. The molecule has 3 heterocycles. The number of alkyl halides is 3. The smallest absolute Gasteiger partial charge is 0.404 e. The lowest BCUT2D eigenvalue weighted by Crippen LogP contribution is -2.43. The van der Waals surface area contributed by atoms with Crippen LogP contribution in [-0.2, 0) is 22.6 Å². The molecule has 1 fully saturated rings. The normalized spacial score (nSPS) is 15.2. The molecule has 1 N–H and O–H groups in total. The van der Waals surface area contributed by atoms with E-state index in [-0.39, 0.29) is 24.3 Å². The van der Waals surface area contributed by atoms with Crippen molar-refractivity contribution in [1.82, 2.24) is 14.9 Å². The first-order chi connectivity index (χ1) is 17.5. The molecule has 0 spiro atoms. The molecule has 1 aromatic carbocycles. The summed E-state index contributed by atoms with van der Waals surface area (Å²) in [5, 5.41) is 2.39. The molecular weight excluding hydrogens is 491 g/mol. The summed E-state index contributed by atoms with van der Waals surface area (Å²) >= 11 is 0. The van der Waals surface area contributed by atoms with E-state index in [2.05, 4.69) is 20.0 Å². The maximum Gasteiger partial charge on any atom is 0.573 e. The van der Waals surface area contributed by atoms with Crippen LogP contribution in [0.4, 0.5) is 29.3 Å². The second-order valence-corrected chi connectivity index (χ2v) is 8.74. The van der Waals surface area contributed by atoms with Gasteiger partial charge in [-0.2, -0.15) is 0 Å². The molecule has 2 aromatic heterocycles. The van der Waals surface area contributed by atoms with Gasteiger partial charge in [-0.3, -0.25) is 19.6 Å². The Kier molecular flexibility index (Phi) is 6.84. The van der Waals surface area contributed by atoms with Gasteiger partial charge >= 0.3 is 12.4 Å². The standard InChI is InChI=1S/C25H22F3N5O4/c1-24(2)22(35)33(23(36)32(24)15-16-7-10-29-11-8-16)18-5-6-20(37-25(26,27)28)19(13-18)31-21(34)12-17-4-3-9-30-14-17/h3-11,13-14H,12,15H2,1-2H3,(H,31,34). The summed E-state index contributed by atoms with van der Waals surface area (Å²) in [6, 6.07) is 9.20. The second kappa shape index (κ2) is 9.88.